The number of benzene rings is 1. The number of rotatable bonds is 1. The van der Waals surface area contributed by atoms with Crippen molar-refractivity contribution < 1.29 is 4.79 Å². The normalized spacial score (nSPS) is 19.3. The van der Waals surface area contributed by atoms with E-state index in [1.807, 2.05) is 30.3 Å². The Morgan fingerprint density at radius 2 is 2.21 bits per heavy atom. The van der Waals surface area contributed by atoms with Crippen LogP contribution >= 0.6 is 11.3 Å². The summed E-state index contributed by atoms with van der Waals surface area (Å²) in [5.74, 6) is 0.00690. The summed E-state index contributed by atoms with van der Waals surface area (Å²) in [6, 6.07) is 11.9. The molecule has 3 rings (SSSR count). The summed E-state index contributed by atoms with van der Waals surface area (Å²) in [6.45, 7) is 0.700. The summed E-state index contributed by atoms with van der Waals surface area (Å²) in [6.07, 6.45) is 2.83. The summed E-state index contributed by atoms with van der Waals surface area (Å²) >= 11 is 1.51. The summed E-state index contributed by atoms with van der Waals surface area (Å²) in [7, 11) is 0. The predicted octanol–water partition coefficient (Wildman–Crippen LogP) is 3.42. The van der Waals surface area contributed by atoms with Gasteiger partial charge in [0.15, 0.2) is 0 Å². The molecule has 0 bridgehead atoms. The number of hydrogen-bond donors (Lipinski definition) is 0. The SMILES string of the molecule is N#CC1CCCCN1C(=O)c1cc2ccccc2s1. The van der Waals surface area contributed by atoms with Crippen molar-refractivity contribution in [3.63, 3.8) is 0 Å². The average Bonchev–Trinajstić information content (AvgIpc) is 2.90. The van der Waals surface area contributed by atoms with Gasteiger partial charge in [-0.1, -0.05) is 18.2 Å². The molecule has 1 aliphatic heterocycles. The molecule has 1 unspecified atom stereocenters. The Balaban J connectivity index is 1.92. The zero-order valence-corrected chi connectivity index (χ0v) is 11.3. The van der Waals surface area contributed by atoms with Crippen molar-refractivity contribution in [1.29, 1.82) is 5.26 Å². The molecule has 1 aromatic heterocycles. The lowest BCUT2D eigenvalue weighted by atomic mass is 10.0. The van der Waals surface area contributed by atoms with E-state index in [4.69, 9.17) is 5.26 Å². The molecule has 2 heterocycles. The minimum Gasteiger partial charge on any atom is -0.322 e. The van der Waals surface area contributed by atoms with Gasteiger partial charge in [-0.15, -0.1) is 11.3 Å². The number of nitriles is 1. The minimum absolute atomic E-state index is 0.00690. The van der Waals surface area contributed by atoms with E-state index in [0.29, 0.717) is 6.54 Å². The zero-order valence-electron chi connectivity index (χ0n) is 10.5. The van der Waals surface area contributed by atoms with Crippen LogP contribution in [0.1, 0.15) is 28.9 Å². The maximum atomic E-state index is 12.5. The standard InChI is InChI=1S/C15H14N2OS/c16-10-12-6-3-4-8-17(12)15(18)14-9-11-5-1-2-7-13(11)19-14/h1-2,5,7,9,12H,3-4,6,8H2. The minimum atomic E-state index is -0.258. The van der Waals surface area contributed by atoms with Crippen molar-refractivity contribution in [2.75, 3.05) is 6.54 Å². The average molecular weight is 270 g/mol. The van der Waals surface area contributed by atoms with Gasteiger partial charge in [-0.3, -0.25) is 4.79 Å². The first-order valence-corrected chi connectivity index (χ1v) is 7.30. The molecular weight excluding hydrogens is 256 g/mol. The number of likely N-dealkylation sites (tertiary alicyclic amines) is 1. The Kier molecular flexibility index (Phi) is 3.22. The molecule has 1 fully saturated rings. The molecule has 19 heavy (non-hydrogen) atoms. The Morgan fingerprint density at radius 1 is 1.37 bits per heavy atom. The van der Waals surface area contributed by atoms with E-state index < -0.39 is 0 Å². The third kappa shape index (κ3) is 2.22. The van der Waals surface area contributed by atoms with Crippen LogP contribution in [0.25, 0.3) is 10.1 Å². The van der Waals surface area contributed by atoms with Crippen LogP contribution in [0, 0.1) is 11.3 Å². The summed E-state index contributed by atoms with van der Waals surface area (Å²) in [5, 5.41) is 10.3. The third-order valence-electron chi connectivity index (χ3n) is 3.55. The number of hydrogen-bond acceptors (Lipinski definition) is 3. The summed E-state index contributed by atoms with van der Waals surface area (Å²) < 4.78 is 1.12. The lowest BCUT2D eigenvalue weighted by Gasteiger charge is -2.30. The Labute approximate surface area is 116 Å². The molecule has 0 aliphatic carbocycles. The second kappa shape index (κ2) is 5.02. The second-order valence-electron chi connectivity index (χ2n) is 4.79. The molecule has 1 aromatic carbocycles. The molecule has 0 radical (unpaired) electrons. The van der Waals surface area contributed by atoms with Gasteiger partial charge in [0.2, 0.25) is 0 Å². The van der Waals surface area contributed by atoms with Crippen molar-refractivity contribution in [2.45, 2.75) is 25.3 Å². The number of amides is 1. The smallest absolute Gasteiger partial charge is 0.265 e. The van der Waals surface area contributed by atoms with Crippen molar-refractivity contribution >= 4 is 27.3 Å². The van der Waals surface area contributed by atoms with Crippen molar-refractivity contribution in [2.24, 2.45) is 0 Å². The van der Waals surface area contributed by atoms with E-state index in [0.717, 1.165) is 34.2 Å². The highest BCUT2D eigenvalue weighted by Crippen LogP contribution is 2.28. The number of carbonyl (C=O) groups is 1. The molecular formula is C15H14N2OS. The maximum absolute atomic E-state index is 12.5. The molecule has 1 saturated heterocycles. The summed E-state index contributed by atoms with van der Waals surface area (Å²) in [4.78, 5) is 15.0. The van der Waals surface area contributed by atoms with Gasteiger partial charge < -0.3 is 4.90 Å². The monoisotopic (exact) mass is 270 g/mol. The van der Waals surface area contributed by atoms with Crippen molar-refractivity contribution in [3.8, 4) is 6.07 Å². The molecule has 0 spiro atoms. The Morgan fingerprint density at radius 3 is 3.00 bits per heavy atom. The molecule has 1 aliphatic rings. The first-order valence-electron chi connectivity index (χ1n) is 6.49. The maximum Gasteiger partial charge on any atom is 0.265 e. The van der Waals surface area contributed by atoms with Gasteiger partial charge in [0, 0.05) is 11.2 Å². The molecule has 96 valence electrons. The molecule has 0 N–H and O–H groups in total. The Bertz CT molecular complexity index is 622. The van der Waals surface area contributed by atoms with Gasteiger partial charge in [-0.05, 0) is 36.8 Å². The van der Waals surface area contributed by atoms with Crippen LogP contribution < -0.4 is 0 Å². The van der Waals surface area contributed by atoms with Crippen LogP contribution in [0.15, 0.2) is 30.3 Å². The number of thiophene rings is 1. The van der Waals surface area contributed by atoms with Gasteiger partial charge in [-0.25, -0.2) is 0 Å². The topological polar surface area (TPSA) is 44.1 Å². The van der Waals surface area contributed by atoms with Crippen LogP contribution in [0.5, 0.6) is 0 Å². The zero-order chi connectivity index (χ0) is 13.2. The van der Waals surface area contributed by atoms with Crippen molar-refractivity contribution in [1.82, 2.24) is 4.90 Å². The first kappa shape index (κ1) is 12.2. The van der Waals surface area contributed by atoms with Gasteiger partial charge in [0.25, 0.3) is 5.91 Å². The van der Waals surface area contributed by atoms with Crippen LogP contribution in [-0.4, -0.2) is 23.4 Å². The highest BCUT2D eigenvalue weighted by Gasteiger charge is 2.28. The van der Waals surface area contributed by atoms with E-state index in [1.165, 1.54) is 11.3 Å². The van der Waals surface area contributed by atoms with E-state index in [9.17, 15) is 4.79 Å². The summed E-state index contributed by atoms with van der Waals surface area (Å²) in [5.41, 5.74) is 0. The Hall–Kier alpha value is -1.86. The van der Waals surface area contributed by atoms with Crippen molar-refractivity contribution in [3.05, 3.63) is 35.2 Å². The predicted molar refractivity (Wildman–Crippen MR) is 76.1 cm³/mol. The van der Waals surface area contributed by atoms with Gasteiger partial charge in [0.1, 0.15) is 6.04 Å². The van der Waals surface area contributed by atoms with Crippen LogP contribution in [0.4, 0.5) is 0 Å². The fourth-order valence-corrected chi connectivity index (χ4v) is 3.56. The molecule has 0 saturated carbocycles. The fourth-order valence-electron chi connectivity index (χ4n) is 2.54. The van der Waals surface area contributed by atoms with Gasteiger partial charge in [-0.2, -0.15) is 5.26 Å². The van der Waals surface area contributed by atoms with Crippen LogP contribution in [0.3, 0.4) is 0 Å². The highest BCUT2D eigenvalue weighted by molar-refractivity contribution is 7.20. The highest BCUT2D eigenvalue weighted by atomic mass is 32.1. The molecule has 3 nitrogen and oxygen atoms in total. The number of piperidine rings is 1. The van der Waals surface area contributed by atoms with E-state index in [2.05, 4.69) is 6.07 Å². The first-order chi connectivity index (χ1) is 9.29. The van der Waals surface area contributed by atoms with Gasteiger partial charge in [0.05, 0.1) is 10.9 Å². The van der Waals surface area contributed by atoms with Gasteiger partial charge >= 0.3 is 0 Å². The van der Waals surface area contributed by atoms with E-state index in [1.54, 1.807) is 4.90 Å². The largest absolute Gasteiger partial charge is 0.322 e. The van der Waals surface area contributed by atoms with Crippen LogP contribution in [-0.2, 0) is 0 Å². The lowest BCUT2D eigenvalue weighted by Crippen LogP contribution is -2.42. The van der Waals surface area contributed by atoms with Crippen LogP contribution in [0.2, 0.25) is 0 Å². The third-order valence-corrected chi connectivity index (χ3v) is 4.65. The molecule has 2 aromatic rings. The molecule has 1 atom stereocenters. The molecule has 4 heteroatoms. The number of carbonyl (C=O) groups excluding carboxylic acids is 1. The van der Waals surface area contributed by atoms with E-state index in [-0.39, 0.29) is 11.9 Å². The van der Waals surface area contributed by atoms with E-state index >= 15 is 0 Å². The number of fused-ring (bicyclic) bond motifs is 1. The second-order valence-corrected chi connectivity index (χ2v) is 5.87. The lowest BCUT2D eigenvalue weighted by molar-refractivity contribution is 0.0675. The quantitative estimate of drug-likeness (QED) is 0.797. The fraction of sp³-hybridized carbons (Fsp3) is 0.333. The number of nitrogens with zero attached hydrogens (tertiary/aromatic N) is 2. The molecule has 1 amide bonds.